The van der Waals surface area contributed by atoms with Crippen molar-refractivity contribution in [2.24, 2.45) is 9.98 Å². The van der Waals surface area contributed by atoms with Crippen molar-refractivity contribution in [3.05, 3.63) is 76.6 Å². The van der Waals surface area contributed by atoms with Crippen LogP contribution in [0.1, 0.15) is 117 Å². The van der Waals surface area contributed by atoms with Crippen molar-refractivity contribution in [2.45, 2.75) is 118 Å². The second kappa shape index (κ2) is 20.0. The third-order valence-electron chi connectivity index (χ3n) is 8.68. The van der Waals surface area contributed by atoms with Gasteiger partial charge in [-0.15, -0.1) is 9.98 Å². The van der Waals surface area contributed by atoms with E-state index in [1.54, 1.807) is 100 Å². The molecular weight excluding hydrogens is 840 g/mol. The quantitative estimate of drug-likeness (QED) is 0.151. The fourth-order valence-electron chi connectivity index (χ4n) is 6.11. The number of alkyl carbamates (subject to hydrolysis) is 2. The summed E-state index contributed by atoms with van der Waals surface area (Å²) >= 11 is 0. The Morgan fingerprint density at radius 2 is 1.00 bits per heavy atom. The molecule has 0 aliphatic carbocycles. The van der Waals surface area contributed by atoms with Crippen LogP contribution in [0.4, 0.5) is 38.0 Å². The van der Waals surface area contributed by atoms with Crippen LogP contribution in [-0.4, -0.2) is 101 Å². The molecular formula is C45H58F3N7O9. The van der Waals surface area contributed by atoms with E-state index in [0.29, 0.717) is 11.1 Å². The molecule has 0 aromatic heterocycles. The Bertz CT molecular complexity index is 2260. The third kappa shape index (κ3) is 15.4. The Hall–Kier alpha value is -6.40. The van der Waals surface area contributed by atoms with Crippen LogP contribution in [0.25, 0.3) is 11.1 Å². The van der Waals surface area contributed by atoms with E-state index in [9.17, 15) is 24.0 Å². The summed E-state index contributed by atoms with van der Waals surface area (Å²) in [5.74, 6) is -4.47. The highest BCUT2D eigenvalue weighted by molar-refractivity contribution is 6.05. The Labute approximate surface area is 371 Å². The van der Waals surface area contributed by atoms with Crippen molar-refractivity contribution in [1.82, 2.24) is 20.4 Å². The summed E-state index contributed by atoms with van der Waals surface area (Å²) in [5.41, 5.74) is -2.90. The molecule has 2 aliphatic rings. The standard InChI is InChI=1S/C45H58F3N7O9/c1-42(2,3)61-38(57)50-36(51-39(58)62-43(4,5)6)54-21-17-26(18-22-54)29-14-13-28(25-31(29)46)35(56)49-32-16-15-30(33(47)34(32)48)27-19-23-55(24-20-27)37(52-40(59)63-44(7,8)9)53-41(60)64-45(10,11)12/h13-17,19,25H,18,20-24H2,1-12H3,(H,49,56)(H,50,51,57,58)(H,52,53,59,60). The minimum atomic E-state index is -1.34. The summed E-state index contributed by atoms with van der Waals surface area (Å²) in [4.78, 5) is 74.5. The minimum Gasteiger partial charge on any atom is -0.444 e. The van der Waals surface area contributed by atoms with Crippen LogP contribution < -0.4 is 16.0 Å². The molecule has 4 rings (SSSR count). The summed E-state index contributed by atoms with van der Waals surface area (Å²) in [5, 5.41) is 7.29. The number of carbonyl (C=O) groups is 5. The van der Waals surface area contributed by atoms with E-state index in [1.807, 2.05) is 0 Å². The monoisotopic (exact) mass is 897 g/mol. The van der Waals surface area contributed by atoms with Gasteiger partial charge in [0.15, 0.2) is 11.6 Å². The molecule has 0 fully saturated rings. The minimum absolute atomic E-state index is 0.0394. The second-order valence-electron chi connectivity index (χ2n) is 18.9. The van der Waals surface area contributed by atoms with Gasteiger partial charge in [-0.05, 0) is 131 Å². The maximum atomic E-state index is 15.6. The fourth-order valence-corrected chi connectivity index (χ4v) is 6.11. The summed E-state index contributed by atoms with van der Waals surface area (Å²) in [6.07, 6.45) is 0.0719. The number of aliphatic imine (C=N–C) groups is 2. The lowest BCUT2D eigenvalue weighted by molar-refractivity contribution is 0.0536. The Morgan fingerprint density at radius 3 is 1.39 bits per heavy atom. The highest BCUT2D eigenvalue weighted by Crippen LogP contribution is 2.31. The van der Waals surface area contributed by atoms with Gasteiger partial charge in [0, 0.05) is 42.9 Å². The molecule has 16 nitrogen and oxygen atoms in total. The molecule has 348 valence electrons. The van der Waals surface area contributed by atoms with Crippen LogP contribution in [0, 0.1) is 17.5 Å². The first-order valence-electron chi connectivity index (χ1n) is 20.6. The van der Waals surface area contributed by atoms with E-state index in [-0.39, 0.29) is 67.6 Å². The molecule has 2 aliphatic heterocycles. The summed E-state index contributed by atoms with van der Waals surface area (Å²) < 4.78 is 67.9. The van der Waals surface area contributed by atoms with Gasteiger partial charge in [-0.25, -0.2) is 32.3 Å². The highest BCUT2D eigenvalue weighted by atomic mass is 19.2. The maximum absolute atomic E-state index is 15.6. The van der Waals surface area contributed by atoms with Gasteiger partial charge >= 0.3 is 24.4 Å². The molecule has 0 saturated heterocycles. The zero-order chi connectivity index (χ0) is 47.9. The van der Waals surface area contributed by atoms with Gasteiger partial charge < -0.3 is 34.1 Å². The second-order valence-corrected chi connectivity index (χ2v) is 18.9. The number of amides is 5. The number of hydrogen-bond donors (Lipinski definition) is 3. The summed E-state index contributed by atoms with van der Waals surface area (Å²) in [6.45, 7) is 20.5. The molecule has 2 aromatic carbocycles. The fraction of sp³-hybridized carbons (Fsp3) is 0.489. The number of carbonyl (C=O) groups excluding carboxylic acids is 5. The van der Waals surface area contributed by atoms with Gasteiger partial charge in [0.25, 0.3) is 5.91 Å². The first-order valence-corrected chi connectivity index (χ1v) is 20.6. The molecule has 5 amide bonds. The Kier molecular flexibility index (Phi) is 15.7. The lowest BCUT2D eigenvalue weighted by Crippen LogP contribution is -2.48. The van der Waals surface area contributed by atoms with Crippen molar-refractivity contribution in [2.75, 3.05) is 31.5 Å². The van der Waals surface area contributed by atoms with E-state index in [4.69, 9.17) is 18.9 Å². The molecule has 0 saturated carbocycles. The van der Waals surface area contributed by atoms with E-state index in [2.05, 4.69) is 25.9 Å². The summed E-state index contributed by atoms with van der Waals surface area (Å²) in [7, 11) is 0. The Morgan fingerprint density at radius 1 is 0.578 bits per heavy atom. The maximum Gasteiger partial charge on any atom is 0.437 e. The van der Waals surface area contributed by atoms with Crippen LogP contribution in [0.15, 0.2) is 52.5 Å². The molecule has 0 radical (unpaired) electrons. The lowest BCUT2D eigenvalue weighted by atomic mass is 9.97. The van der Waals surface area contributed by atoms with Gasteiger partial charge in [0.1, 0.15) is 28.2 Å². The van der Waals surface area contributed by atoms with Gasteiger partial charge in [-0.2, -0.15) is 0 Å². The zero-order valence-corrected chi connectivity index (χ0v) is 38.4. The van der Waals surface area contributed by atoms with Crippen LogP contribution in [0.2, 0.25) is 0 Å². The van der Waals surface area contributed by atoms with Gasteiger partial charge in [0.2, 0.25) is 11.9 Å². The van der Waals surface area contributed by atoms with Crippen molar-refractivity contribution in [1.29, 1.82) is 0 Å². The third-order valence-corrected chi connectivity index (χ3v) is 8.68. The zero-order valence-electron chi connectivity index (χ0n) is 38.4. The SMILES string of the molecule is CC(C)(C)OC(=O)/N=C(/NC(=O)OC(C)(C)C)N1CC=C(c2ccc(C(=O)Nc3ccc(C4=CCN(/C(=N\C(=O)OC(C)(C)C)NC(=O)OC(C)(C)C)CC4)c(F)c3F)cc2F)CC1. The number of halogens is 3. The summed E-state index contributed by atoms with van der Waals surface area (Å²) in [6, 6.07) is 6.22. The van der Waals surface area contributed by atoms with Gasteiger partial charge in [-0.3, -0.25) is 15.4 Å². The number of hydrogen-bond acceptors (Lipinski definition) is 9. The van der Waals surface area contributed by atoms with Gasteiger partial charge in [0.05, 0.1) is 5.69 Å². The molecule has 0 bridgehead atoms. The average Bonchev–Trinajstić information content (AvgIpc) is 3.13. The molecule has 0 unspecified atom stereocenters. The van der Waals surface area contributed by atoms with Crippen LogP contribution >= 0.6 is 0 Å². The smallest absolute Gasteiger partial charge is 0.437 e. The van der Waals surface area contributed by atoms with E-state index >= 15 is 13.2 Å². The van der Waals surface area contributed by atoms with Crippen molar-refractivity contribution < 1.29 is 56.1 Å². The predicted octanol–water partition coefficient (Wildman–Crippen LogP) is 9.17. The van der Waals surface area contributed by atoms with E-state index in [0.717, 1.165) is 6.07 Å². The first kappa shape index (κ1) is 50.2. The topological polar surface area (TPSA) is 190 Å². The molecule has 2 heterocycles. The van der Waals surface area contributed by atoms with E-state index < -0.39 is 75.8 Å². The van der Waals surface area contributed by atoms with Crippen LogP contribution in [0.3, 0.4) is 0 Å². The van der Waals surface area contributed by atoms with E-state index in [1.165, 1.54) is 29.2 Å². The number of guanidine groups is 2. The van der Waals surface area contributed by atoms with Crippen LogP contribution in [-0.2, 0) is 18.9 Å². The largest absolute Gasteiger partial charge is 0.444 e. The number of ether oxygens (including phenoxy) is 4. The van der Waals surface area contributed by atoms with Crippen molar-refractivity contribution in [3.8, 4) is 0 Å². The van der Waals surface area contributed by atoms with Crippen LogP contribution in [0.5, 0.6) is 0 Å². The predicted molar refractivity (Wildman–Crippen MR) is 235 cm³/mol. The average molecular weight is 898 g/mol. The number of nitrogens with one attached hydrogen (secondary N) is 3. The van der Waals surface area contributed by atoms with Crippen molar-refractivity contribution in [3.63, 3.8) is 0 Å². The normalized spacial score (nSPS) is 15.4. The molecule has 19 heteroatoms. The number of nitrogens with zero attached hydrogens (tertiary/aromatic N) is 4. The van der Waals surface area contributed by atoms with Gasteiger partial charge in [-0.1, -0.05) is 18.2 Å². The van der Waals surface area contributed by atoms with Crippen molar-refractivity contribution >= 4 is 59.0 Å². The molecule has 0 atom stereocenters. The molecule has 3 N–H and O–H groups in total. The Balaban J connectivity index is 1.46. The molecule has 64 heavy (non-hydrogen) atoms. The number of rotatable bonds is 4. The highest BCUT2D eigenvalue weighted by Gasteiger charge is 2.28. The molecule has 0 spiro atoms. The number of anilines is 1. The lowest BCUT2D eigenvalue weighted by Gasteiger charge is -2.30. The first-order chi connectivity index (χ1) is 29.5. The number of benzene rings is 2. The molecule has 2 aromatic rings.